The Labute approximate surface area is 136 Å². The number of nitro groups is 1. The van der Waals surface area contributed by atoms with Gasteiger partial charge in [0.15, 0.2) is 0 Å². The van der Waals surface area contributed by atoms with Gasteiger partial charge in [-0.3, -0.25) is 14.9 Å². The predicted octanol–water partition coefficient (Wildman–Crippen LogP) is 3.07. The van der Waals surface area contributed by atoms with Gasteiger partial charge in [-0.15, -0.1) is 16.4 Å². The van der Waals surface area contributed by atoms with E-state index in [0.717, 1.165) is 4.88 Å². The molecule has 1 aliphatic heterocycles. The third kappa shape index (κ3) is 2.57. The standard InChI is InChI=1S/C15H13N3O4S/c1-10(19)17-15(2,11-5-7-12(8-6-11)18(20)21)22-14(16-17)13-4-3-9-23-13/h3-9H,1-2H3/t15-/m1/s1. The number of amides is 1. The van der Waals surface area contributed by atoms with E-state index >= 15 is 0 Å². The molecule has 1 amide bonds. The lowest BCUT2D eigenvalue weighted by Gasteiger charge is -2.30. The molecule has 0 spiro atoms. The average Bonchev–Trinajstić information content (AvgIpc) is 3.15. The summed E-state index contributed by atoms with van der Waals surface area (Å²) in [5, 5.41) is 18.2. The van der Waals surface area contributed by atoms with Gasteiger partial charge in [0, 0.05) is 31.5 Å². The number of benzene rings is 1. The molecular formula is C15H13N3O4S. The number of hydrogen-bond donors (Lipinski definition) is 0. The first kappa shape index (κ1) is 15.2. The van der Waals surface area contributed by atoms with Crippen molar-refractivity contribution in [2.45, 2.75) is 19.6 Å². The summed E-state index contributed by atoms with van der Waals surface area (Å²) < 4.78 is 5.95. The van der Waals surface area contributed by atoms with E-state index in [1.807, 2.05) is 17.5 Å². The molecule has 0 saturated carbocycles. The van der Waals surface area contributed by atoms with Crippen LogP contribution in [0.15, 0.2) is 46.9 Å². The fourth-order valence-corrected chi connectivity index (χ4v) is 3.03. The first-order chi connectivity index (χ1) is 10.9. The number of nitrogens with zero attached hydrogens (tertiary/aromatic N) is 3. The van der Waals surface area contributed by atoms with Crippen LogP contribution in [-0.2, 0) is 15.3 Å². The third-order valence-electron chi connectivity index (χ3n) is 3.53. The fraction of sp³-hybridized carbons (Fsp3) is 0.200. The van der Waals surface area contributed by atoms with Crippen molar-refractivity contribution in [1.82, 2.24) is 5.01 Å². The predicted molar refractivity (Wildman–Crippen MR) is 84.9 cm³/mol. The van der Waals surface area contributed by atoms with E-state index < -0.39 is 10.6 Å². The van der Waals surface area contributed by atoms with Crippen molar-refractivity contribution >= 4 is 28.8 Å². The van der Waals surface area contributed by atoms with Gasteiger partial charge >= 0.3 is 0 Å². The number of carbonyl (C=O) groups excluding carboxylic acids is 1. The van der Waals surface area contributed by atoms with E-state index in [1.165, 1.54) is 35.4 Å². The van der Waals surface area contributed by atoms with Gasteiger partial charge in [0.2, 0.25) is 11.6 Å². The van der Waals surface area contributed by atoms with Crippen LogP contribution in [0.25, 0.3) is 0 Å². The topological polar surface area (TPSA) is 85.0 Å². The highest BCUT2D eigenvalue weighted by Crippen LogP contribution is 2.37. The van der Waals surface area contributed by atoms with E-state index in [4.69, 9.17) is 4.74 Å². The molecule has 2 heterocycles. The summed E-state index contributed by atoms with van der Waals surface area (Å²) in [5.41, 5.74) is -0.557. The molecule has 8 heteroatoms. The molecule has 118 valence electrons. The first-order valence-corrected chi connectivity index (χ1v) is 7.67. The lowest BCUT2D eigenvalue weighted by Crippen LogP contribution is -2.41. The normalized spacial score (nSPS) is 20.1. The van der Waals surface area contributed by atoms with Crippen LogP contribution in [0.3, 0.4) is 0 Å². The minimum Gasteiger partial charge on any atom is -0.443 e. The maximum atomic E-state index is 12.0. The Morgan fingerprint density at radius 3 is 2.57 bits per heavy atom. The molecule has 7 nitrogen and oxygen atoms in total. The number of carbonyl (C=O) groups is 1. The molecule has 0 bridgehead atoms. The second kappa shape index (κ2) is 5.47. The molecule has 1 aromatic heterocycles. The number of hydrazone groups is 1. The summed E-state index contributed by atoms with van der Waals surface area (Å²) in [7, 11) is 0. The van der Waals surface area contributed by atoms with E-state index in [1.54, 1.807) is 19.1 Å². The summed E-state index contributed by atoms with van der Waals surface area (Å²) in [6.07, 6.45) is 0. The van der Waals surface area contributed by atoms with Crippen LogP contribution >= 0.6 is 11.3 Å². The minimum absolute atomic E-state index is 0.0240. The highest BCUT2D eigenvalue weighted by molar-refractivity contribution is 7.12. The minimum atomic E-state index is -1.14. The molecule has 3 rings (SSSR count). The van der Waals surface area contributed by atoms with Crippen LogP contribution in [0.1, 0.15) is 24.3 Å². The molecule has 23 heavy (non-hydrogen) atoms. The van der Waals surface area contributed by atoms with Crippen molar-refractivity contribution in [3.05, 3.63) is 62.3 Å². The van der Waals surface area contributed by atoms with Crippen LogP contribution in [0.2, 0.25) is 0 Å². The highest BCUT2D eigenvalue weighted by atomic mass is 32.1. The summed E-state index contributed by atoms with van der Waals surface area (Å²) in [4.78, 5) is 23.1. The Morgan fingerprint density at radius 1 is 1.35 bits per heavy atom. The largest absolute Gasteiger partial charge is 0.443 e. The Morgan fingerprint density at radius 2 is 2.04 bits per heavy atom. The van der Waals surface area contributed by atoms with E-state index in [2.05, 4.69) is 5.10 Å². The molecule has 2 aromatic rings. The van der Waals surface area contributed by atoms with Crippen LogP contribution in [0.4, 0.5) is 5.69 Å². The number of non-ortho nitro benzene ring substituents is 1. The van der Waals surface area contributed by atoms with Crippen molar-refractivity contribution < 1.29 is 14.5 Å². The SMILES string of the molecule is CC(=O)N1N=C(c2cccs2)O[C@]1(C)c1ccc([N+](=O)[O-])cc1. The van der Waals surface area contributed by atoms with Crippen molar-refractivity contribution in [2.24, 2.45) is 5.10 Å². The van der Waals surface area contributed by atoms with Crippen molar-refractivity contribution in [3.63, 3.8) is 0 Å². The van der Waals surface area contributed by atoms with Gasteiger partial charge in [0.25, 0.3) is 11.6 Å². The number of nitro benzene ring substituents is 1. The molecule has 0 unspecified atom stereocenters. The summed E-state index contributed by atoms with van der Waals surface area (Å²) in [5.74, 6) is 0.0773. The van der Waals surface area contributed by atoms with Crippen molar-refractivity contribution in [3.8, 4) is 0 Å². The molecule has 1 atom stereocenters. The zero-order valence-electron chi connectivity index (χ0n) is 12.4. The Hall–Kier alpha value is -2.74. The van der Waals surface area contributed by atoms with E-state index in [9.17, 15) is 14.9 Å². The molecular weight excluding hydrogens is 318 g/mol. The van der Waals surface area contributed by atoms with Crippen molar-refractivity contribution in [1.29, 1.82) is 0 Å². The van der Waals surface area contributed by atoms with Gasteiger partial charge in [-0.05, 0) is 23.6 Å². The smallest absolute Gasteiger partial charge is 0.269 e. The maximum Gasteiger partial charge on any atom is 0.269 e. The summed E-state index contributed by atoms with van der Waals surface area (Å²) in [6.45, 7) is 3.10. The zero-order valence-corrected chi connectivity index (χ0v) is 13.2. The van der Waals surface area contributed by atoms with E-state index in [-0.39, 0.29) is 11.6 Å². The Kier molecular flexibility index (Phi) is 3.61. The van der Waals surface area contributed by atoms with Crippen LogP contribution in [0.5, 0.6) is 0 Å². The third-order valence-corrected chi connectivity index (χ3v) is 4.39. The fourth-order valence-electron chi connectivity index (χ4n) is 2.38. The van der Waals surface area contributed by atoms with E-state index in [0.29, 0.717) is 11.5 Å². The number of ether oxygens (including phenoxy) is 1. The summed E-state index contributed by atoms with van der Waals surface area (Å²) >= 11 is 1.45. The Bertz CT molecular complexity index is 786. The maximum absolute atomic E-state index is 12.0. The molecule has 0 aliphatic carbocycles. The lowest BCUT2D eigenvalue weighted by atomic mass is 10.0. The number of hydrogen-bond acceptors (Lipinski definition) is 6. The van der Waals surface area contributed by atoms with Gasteiger partial charge in [0.05, 0.1) is 9.80 Å². The second-order valence-electron chi connectivity index (χ2n) is 5.10. The molecule has 0 N–H and O–H groups in total. The number of thiophene rings is 1. The van der Waals surface area contributed by atoms with Gasteiger partial charge in [-0.2, -0.15) is 5.01 Å². The van der Waals surface area contributed by atoms with Crippen LogP contribution in [0, 0.1) is 10.1 Å². The van der Waals surface area contributed by atoms with Crippen molar-refractivity contribution in [2.75, 3.05) is 0 Å². The van der Waals surface area contributed by atoms with Crippen LogP contribution in [-0.4, -0.2) is 21.7 Å². The molecule has 0 saturated heterocycles. The monoisotopic (exact) mass is 331 g/mol. The summed E-state index contributed by atoms with van der Waals surface area (Å²) in [6, 6.07) is 9.62. The average molecular weight is 331 g/mol. The van der Waals surface area contributed by atoms with Crippen LogP contribution < -0.4 is 0 Å². The zero-order chi connectivity index (χ0) is 16.6. The van der Waals surface area contributed by atoms with Gasteiger partial charge < -0.3 is 4.74 Å². The quantitative estimate of drug-likeness (QED) is 0.639. The molecule has 1 aliphatic rings. The van der Waals surface area contributed by atoms with Gasteiger partial charge in [0.1, 0.15) is 0 Å². The molecule has 0 fully saturated rings. The van der Waals surface area contributed by atoms with Gasteiger partial charge in [-0.25, -0.2) is 0 Å². The molecule has 0 radical (unpaired) electrons. The molecule has 1 aromatic carbocycles. The van der Waals surface area contributed by atoms with Gasteiger partial charge in [-0.1, -0.05) is 6.07 Å². The highest BCUT2D eigenvalue weighted by Gasteiger charge is 2.45. The lowest BCUT2D eigenvalue weighted by molar-refractivity contribution is -0.384. The number of rotatable bonds is 3. The Balaban J connectivity index is 1.99. The second-order valence-corrected chi connectivity index (χ2v) is 6.05. The first-order valence-electron chi connectivity index (χ1n) is 6.79.